The fourth-order valence-corrected chi connectivity index (χ4v) is 0.291. The lowest BCUT2D eigenvalue weighted by Gasteiger charge is -1.94. The van der Waals surface area contributed by atoms with Crippen LogP contribution in [0.3, 0.4) is 0 Å². The maximum atomic E-state index is 5.16. The second kappa shape index (κ2) is 1.28. The summed E-state index contributed by atoms with van der Waals surface area (Å²) in [6, 6.07) is 0. The van der Waals surface area contributed by atoms with Crippen molar-refractivity contribution in [3.63, 3.8) is 0 Å². The topological polar surface area (TPSA) is 47.3 Å². The maximum Gasteiger partial charge on any atom is 0.154 e. The number of nitrogens with one attached hydrogen (secondary N) is 1. The molecule has 1 atom stereocenters. The number of nitrogens with two attached hydrogens (primary N) is 1. The fourth-order valence-electron chi connectivity index (χ4n) is 0.291. The van der Waals surface area contributed by atoms with Gasteiger partial charge >= 0.3 is 0 Å². The van der Waals surface area contributed by atoms with Crippen LogP contribution in [0.4, 0.5) is 0 Å². The van der Waals surface area contributed by atoms with Crippen molar-refractivity contribution in [1.29, 1.82) is 0 Å². The molecule has 1 aliphatic rings. The van der Waals surface area contributed by atoms with Gasteiger partial charge in [0.2, 0.25) is 0 Å². The van der Waals surface area contributed by atoms with Gasteiger partial charge in [0.15, 0.2) is 6.23 Å². The summed E-state index contributed by atoms with van der Waals surface area (Å²) in [6.07, 6.45) is 3.13. The van der Waals surface area contributed by atoms with Crippen LogP contribution in [0, 0.1) is 0 Å². The number of rotatable bonds is 0. The van der Waals surface area contributed by atoms with E-state index in [1.165, 1.54) is 0 Å². The summed E-state index contributed by atoms with van der Waals surface area (Å²) in [4.78, 5) is 4.57. The molecule has 0 bridgehead atoms. The molecule has 0 aromatic heterocycles. The van der Waals surface area contributed by atoms with E-state index in [9.17, 15) is 0 Å². The summed E-state index contributed by atoms with van der Waals surface area (Å²) in [5, 5.41) is 0. The number of hydrogen-bond donors (Lipinski definition) is 2. The molecule has 0 radical (unpaired) electrons. The highest BCUT2D eigenvalue weighted by Crippen LogP contribution is 1.86. The quantitative estimate of drug-likeness (QED) is 0.410. The van der Waals surface area contributed by atoms with E-state index in [1.807, 2.05) is 0 Å². The van der Waals surface area contributed by atoms with Gasteiger partial charge in [-0.15, -0.1) is 0 Å². The van der Waals surface area contributed by atoms with Crippen LogP contribution in [0.25, 0.3) is 0 Å². The zero-order valence-corrected chi connectivity index (χ0v) is 3.22. The predicted molar refractivity (Wildman–Crippen MR) is 21.3 cm³/mol. The minimum atomic E-state index is -0.245. The van der Waals surface area contributed by atoms with Crippen molar-refractivity contribution in [3.8, 4) is 0 Å². The Morgan fingerprint density at radius 2 is 2.67 bits per heavy atom. The van der Waals surface area contributed by atoms with E-state index in [2.05, 4.69) is 10.3 Å². The van der Waals surface area contributed by atoms with Gasteiger partial charge in [0.1, 0.15) is 0 Å². The molecule has 1 rings (SSSR count). The van der Waals surface area contributed by atoms with E-state index in [1.54, 1.807) is 12.3 Å². The van der Waals surface area contributed by atoms with Gasteiger partial charge in [-0.3, -0.25) is 10.3 Å². The van der Waals surface area contributed by atoms with Crippen molar-refractivity contribution in [2.75, 3.05) is 0 Å². The fraction of sp³-hybridized carbons (Fsp3) is 0.333. The van der Waals surface area contributed by atoms with E-state index in [4.69, 9.17) is 5.73 Å². The molecule has 0 aliphatic carbocycles. The Hall–Kier alpha value is -0.540. The summed E-state index contributed by atoms with van der Waals surface area (Å²) in [5.41, 5.74) is 7.63. The van der Waals surface area contributed by atoms with E-state index in [0.717, 1.165) is 0 Å². The van der Waals surface area contributed by atoms with Gasteiger partial charge in [-0.2, -0.15) is 0 Å². The molecule has 0 saturated carbocycles. The second-order valence-corrected chi connectivity index (χ2v) is 1.06. The van der Waals surface area contributed by atoms with Crippen molar-refractivity contribution in [2.45, 2.75) is 6.23 Å². The second-order valence-electron chi connectivity index (χ2n) is 1.06. The van der Waals surface area contributed by atoms with Gasteiger partial charge < -0.3 is 5.73 Å². The first-order valence-corrected chi connectivity index (χ1v) is 1.73. The van der Waals surface area contributed by atoms with Crippen LogP contribution in [0.1, 0.15) is 0 Å². The summed E-state index contributed by atoms with van der Waals surface area (Å²) in [5.74, 6) is 0. The molecule has 34 valence electrons. The van der Waals surface area contributed by atoms with Gasteiger partial charge in [0.25, 0.3) is 0 Å². The molecule has 1 heterocycles. The van der Waals surface area contributed by atoms with E-state index >= 15 is 0 Å². The molecule has 3 heteroatoms. The van der Waals surface area contributed by atoms with Gasteiger partial charge in [0, 0.05) is 6.20 Å². The molecule has 1 aliphatic heterocycles. The summed E-state index contributed by atoms with van der Waals surface area (Å²) in [6.45, 7) is 0. The van der Waals surface area contributed by atoms with E-state index in [0.29, 0.717) is 0 Å². The molecule has 0 saturated heterocycles. The van der Waals surface area contributed by atoms with Crippen LogP contribution in [0.2, 0.25) is 0 Å². The normalized spacial score (nSPS) is 30.5. The minimum Gasteiger partial charge on any atom is -0.301 e. The number of hydroxylamine groups is 1. The van der Waals surface area contributed by atoms with Gasteiger partial charge in [0.05, 0.1) is 0 Å². The highest BCUT2D eigenvalue weighted by molar-refractivity contribution is 4.86. The molecular formula is C3H6N2O. The predicted octanol–water partition coefficient (Wildman–Crippen LogP) is -0.680. The van der Waals surface area contributed by atoms with Crippen LogP contribution in [-0.4, -0.2) is 6.23 Å². The smallest absolute Gasteiger partial charge is 0.154 e. The Bertz CT molecular complexity index is 71.2. The molecule has 3 N–H and O–H groups in total. The average molecular weight is 86.1 g/mol. The Labute approximate surface area is 35.7 Å². The summed E-state index contributed by atoms with van der Waals surface area (Å²) in [7, 11) is 0. The zero-order chi connectivity index (χ0) is 4.41. The first kappa shape index (κ1) is 3.64. The van der Waals surface area contributed by atoms with Crippen molar-refractivity contribution < 1.29 is 4.84 Å². The molecule has 6 heavy (non-hydrogen) atoms. The molecular weight excluding hydrogens is 80.0 g/mol. The third kappa shape index (κ3) is 0.502. The zero-order valence-electron chi connectivity index (χ0n) is 3.22. The highest BCUT2D eigenvalue weighted by Gasteiger charge is 1.98. The van der Waals surface area contributed by atoms with Crippen LogP contribution in [-0.2, 0) is 4.84 Å². The summed E-state index contributed by atoms with van der Waals surface area (Å²) >= 11 is 0. The minimum absolute atomic E-state index is 0.245. The number of hydrogen-bond acceptors (Lipinski definition) is 3. The first-order valence-electron chi connectivity index (χ1n) is 1.73. The van der Waals surface area contributed by atoms with Crippen LogP contribution >= 0.6 is 0 Å². The standard InChI is InChI=1S/C3H6N2O/c4-3-1-2-5-6-3/h1-3,5H,4H2. The third-order valence-electron chi connectivity index (χ3n) is 0.558. The molecule has 0 fully saturated rings. The van der Waals surface area contributed by atoms with Gasteiger partial charge in [-0.1, -0.05) is 0 Å². The van der Waals surface area contributed by atoms with Crippen LogP contribution in [0.15, 0.2) is 12.3 Å². The SMILES string of the molecule is NC1C=CNO1. The first-order chi connectivity index (χ1) is 2.89. The lowest BCUT2D eigenvalue weighted by Crippen LogP contribution is -2.19. The lowest BCUT2D eigenvalue weighted by molar-refractivity contribution is 0.0514. The molecule has 0 aromatic carbocycles. The molecule has 1 unspecified atom stereocenters. The Balaban J connectivity index is 2.38. The third-order valence-corrected chi connectivity index (χ3v) is 0.558. The summed E-state index contributed by atoms with van der Waals surface area (Å²) < 4.78 is 0. The van der Waals surface area contributed by atoms with Crippen LogP contribution < -0.4 is 11.2 Å². The Kier molecular flexibility index (Phi) is 0.777. The van der Waals surface area contributed by atoms with Crippen molar-refractivity contribution >= 4 is 0 Å². The van der Waals surface area contributed by atoms with Crippen molar-refractivity contribution in [1.82, 2.24) is 5.48 Å². The molecule has 0 aromatic rings. The largest absolute Gasteiger partial charge is 0.301 e. The van der Waals surface area contributed by atoms with Crippen LogP contribution in [0.5, 0.6) is 0 Å². The monoisotopic (exact) mass is 86.0 g/mol. The Morgan fingerprint density at radius 3 is 2.83 bits per heavy atom. The molecule has 0 amide bonds. The maximum absolute atomic E-state index is 5.16. The van der Waals surface area contributed by atoms with Crippen molar-refractivity contribution in [2.24, 2.45) is 5.73 Å². The van der Waals surface area contributed by atoms with Crippen molar-refractivity contribution in [3.05, 3.63) is 12.3 Å². The van der Waals surface area contributed by atoms with E-state index in [-0.39, 0.29) is 6.23 Å². The Morgan fingerprint density at radius 1 is 1.83 bits per heavy atom. The molecule has 3 nitrogen and oxygen atoms in total. The van der Waals surface area contributed by atoms with Gasteiger partial charge in [-0.25, -0.2) is 0 Å². The average Bonchev–Trinajstić information content (AvgIpc) is 1.86. The highest BCUT2D eigenvalue weighted by atomic mass is 16.7. The van der Waals surface area contributed by atoms with Gasteiger partial charge in [-0.05, 0) is 6.08 Å². The van der Waals surface area contributed by atoms with E-state index < -0.39 is 0 Å². The molecule has 0 spiro atoms. The lowest BCUT2D eigenvalue weighted by atomic mass is 10.6.